The van der Waals surface area contributed by atoms with Crippen LogP contribution in [0.4, 0.5) is 0 Å². The van der Waals surface area contributed by atoms with Gasteiger partial charge in [0.2, 0.25) is 0 Å². The van der Waals surface area contributed by atoms with Crippen molar-refractivity contribution in [2.45, 2.75) is 37.0 Å². The third-order valence-electron chi connectivity index (χ3n) is 3.38. The predicted octanol–water partition coefficient (Wildman–Crippen LogP) is 2.05. The topological polar surface area (TPSA) is 70.9 Å². The average molecular weight is 277 g/mol. The van der Waals surface area contributed by atoms with E-state index in [4.69, 9.17) is 0 Å². The van der Waals surface area contributed by atoms with Gasteiger partial charge in [-0.1, -0.05) is 18.6 Å². The summed E-state index contributed by atoms with van der Waals surface area (Å²) in [4.78, 5) is 0.251. The molecule has 2 aliphatic rings. The first-order valence-electron chi connectivity index (χ1n) is 6.43. The highest BCUT2D eigenvalue weighted by Crippen LogP contribution is 2.24. The molecule has 6 heteroatoms. The van der Waals surface area contributed by atoms with Crippen molar-refractivity contribution in [3.8, 4) is 0 Å². The van der Waals surface area contributed by atoms with Crippen LogP contribution in [0.1, 0.15) is 37.7 Å². The summed E-state index contributed by atoms with van der Waals surface area (Å²) in [5.41, 5.74) is 4.51. The minimum absolute atomic E-state index is 0.251. The highest BCUT2D eigenvalue weighted by molar-refractivity contribution is 7.90. The van der Waals surface area contributed by atoms with Gasteiger partial charge in [-0.2, -0.15) is 13.5 Å². The first-order chi connectivity index (χ1) is 9.17. The van der Waals surface area contributed by atoms with Crippen molar-refractivity contribution in [3.63, 3.8) is 0 Å². The summed E-state index contributed by atoms with van der Waals surface area (Å²) in [6.45, 7) is 0. The molecule has 0 spiro atoms. The zero-order valence-corrected chi connectivity index (χ0v) is 11.3. The number of rotatable bonds is 1. The van der Waals surface area contributed by atoms with Crippen molar-refractivity contribution in [1.29, 1.82) is 0 Å². The van der Waals surface area contributed by atoms with Crippen LogP contribution in [0.3, 0.4) is 0 Å². The Morgan fingerprint density at radius 2 is 1.84 bits per heavy atom. The maximum absolute atomic E-state index is 11.8. The molecule has 1 aromatic carbocycles. The summed E-state index contributed by atoms with van der Waals surface area (Å²) < 4.78 is 27.4. The molecular formula is C13H15N3O2S. The minimum atomic E-state index is -3.55. The fourth-order valence-corrected chi connectivity index (χ4v) is 3.56. The van der Waals surface area contributed by atoms with Crippen molar-refractivity contribution in [1.82, 2.24) is 5.43 Å². The minimum Gasteiger partial charge on any atom is -0.260 e. The Balaban J connectivity index is 1.86. The lowest BCUT2D eigenvalue weighted by Gasteiger charge is -2.12. The van der Waals surface area contributed by atoms with Crippen LogP contribution < -0.4 is 5.43 Å². The molecule has 1 aromatic rings. The standard InChI is InChI=1S/C13H15N3O2S/c17-19(18)12-9-5-4-8-11(12)13(16-19)15-14-10-6-2-1-3-7-10/h4-5,8-9H,1-3,6-7H2,(H,15,16). The van der Waals surface area contributed by atoms with Gasteiger partial charge in [-0.25, -0.2) is 0 Å². The van der Waals surface area contributed by atoms with E-state index >= 15 is 0 Å². The van der Waals surface area contributed by atoms with Crippen molar-refractivity contribution >= 4 is 21.6 Å². The Hall–Kier alpha value is -1.69. The SMILES string of the molecule is O=S1(=O)N=C(NN=C2CCCCC2)c2ccccc21. The van der Waals surface area contributed by atoms with Crippen LogP contribution in [0.25, 0.3) is 0 Å². The molecule has 0 saturated heterocycles. The van der Waals surface area contributed by atoms with Gasteiger partial charge in [0.1, 0.15) is 4.90 Å². The Kier molecular flexibility index (Phi) is 3.10. The number of nitrogens with zero attached hydrogens (tertiary/aromatic N) is 2. The Morgan fingerprint density at radius 3 is 2.63 bits per heavy atom. The van der Waals surface area contributed by atoms with Gasteiger partial charge in [0.25, 0.3) is 10.0 Å². The molecule has 1 saturated carbocycles. The monoisotopic (exact) mass is 277 g/mol. The third-order valence-corrected chi connectivity index (χ3v) is 4.72. The molecule has 3 rings (SSSR count). The first-order valence-corrected chi connectivity index (χ1v) is 7.87. The molecular weight excluding hydrogens is 262 g/mol. The van der Waals surface area contributed by atoms with E-state index in [0.29, 0.717) is 11.4 Å². The van der Waals surface area contributed by atoms with Gasteiger partial charge < -0.3 is 0 Å². The lowest BCUT2D eigenvalue weighted by atomic mass is 9.99. The second-order valence-electron chi connectivity index (χ2n) is 4.76. The van der Waals surface area contributed by atoms with Gasteiger partial charge in [-0.05, 0) is 37.8 Å². The van der Waals surface area contributed by atoms with Crippen molar-refractivity contribution in [2.24, 2.45) is 9.50 Å². The molecule has 0 amide bonds. The molecule has 1 aliphatic heterocycles. The van der Waals surface area contributed by atoms with Crippen LogP contribution in [-0.2, 0) is 10.0 Å². The average Bonchev–Trinajstić information content (AvgIpc) is 2.70. The zero-order chi connectivity index (χ0) is 13.3. The van der Waals surface area contributed by atoms with Crippen molar-refractivity contribution < 1.29 is 8.42 Å². The second-order valence-corrected chi connectivity index (χ2v) is 6.33. The van der Waals surface area contributed by atoms with E-state index in [1.54, 1.807) is 24.3 Å². The van der Waals surface area contributed by atoms with Crippen LogP contribution in [0.15, 0.2) is 38.7 Å². The molecule has 1 fully saturated rings. The van der Waals surface area contributed by atoms with Gasteiger partial charge >= 0.3 is 0 Å². The molecule has 1 N–H and O–H groups in total. The fraction of sp³-hybridized carbons (Fsp3) is 0.385. The summed E-state index contributed by atoms with van der Waals surface area (Å²) in [7, 11) is -3.55. The molecule has 0 atom stereocenters. The Morgan fingerprint density at radius 1 is 1.11 bits per heavy atom. The summed E-state index contributed by atoms with van der Waals surface area (Å²) >= 11 is 0. The quantitative estimate of drug-likeness (QED) is 0.799. The fourth-order valence-electron chi connectivity index (χ4n) is 2.39. The van der Waals surface area contributed by atoms with E-state index in [1.165, 1.54) is 6.42 Å². The lowest BCUT2D eigenvalue weighted by Crippen LogP contribution is -2.20. The molecule has 0 radical (unpaired) electrons. The number of nitrogens with one attached hydrogen (secondary N) is 1. The smallest absolute Gasteiger partial charge is 0.260 e. The van der Waals surface area contributed by atoms with Crippen LogP contribution in [0.5, 0.6) is 0 Å². The molecule has 1 heterocycles. The van der Waals surface area contributed by atoms with E-state index in [2.05, 4.69) is 14.9 Å². The van der Waals surface area contributed by atoms with E-state index in [-0.39, 0.29) is 4.90 Å². The van der Waals surface area contributed by atoms with Gasteiger partial charge in [-0.15, -0.1) is 4.40 Å². The van der Waals surface area contributed by atoms with Crippen molar-refractivity contribution in [3.05, 3.63) is 29.8 Å². The number of hydrazone groups is 1. The third kappa shape index (κ3) is 2.40. The number of benzene rings is 1. The molecule has 0 aromatic heterocycles. The summed E-state index contributed by atoms with van der Waals surface area (Å²) in [6.07, 6.45) is 5.52. The number of amidine groups is 1. The van der Waals surface area contributed by atoms with Crippen LogP contribution >= 0.6 is 0 Å². The summed E-state index contributed by atoms with van der Waals surface area (Å²) in [5, 5.41) is 4.30. The van der Waals surface area contributed by atoms with Crippen LogP contribution in [0.2, 0.25) is 0 Å². The van der Waals surface area contributed by atoms with E-state index in [9.17, 15) is 8.42 Å². The largest absolute Gasteiger partial charge is 0.285 e. The number of hydrogen-bond acceptors (Lipinski definition) is 4. The maximum Gasteiger partial charge on any atom is 0.285 e. The van der Waals surface area contributed by atoms with Gasteiger partial charge in [0.05, 0.1) is 0 Å². The van der Waals surface area contributed by atoms with Crippen LogP contribution in [0, 0.1) is 0 Å². The van der Waals surface area contributed by atoms with E-state index < -0.39 is 10.0 Å². The molecule has 0 bridgehead atoms. The molecule has 5 nitrogen and oxygen atoms in total. The highest BCUT2D eigenvalue weighted by Gasteiger charge is 2.28. The Labute approximate surface area is 112 Å². The molecule has 1 aliphatic carbocycles. The van der Waals surface area contributed by atoms with Crippen molar-refractivity contribution in [2.75, 3.05) is 0 Å². The maximum atomic E-state index is 11.8. The predicted molar refractivity (Wildman–Crippen MR) is 73.8 cm³/mol. The summed E-state index contributed by atoms with van der Waals surface area (Å²) in [6, 6.07) is 6.80. The number of sulfonamides is 1. The normalized spacial score (nSPS) is 20.6. The van der Waals surface area contributed by atoms with Gasteiger partial charge in [-0.3, -0.25) is 5.43 Å². The van der Waals surface area contributed by atoms with E-state index in [0.717, 1.165) is 31.4 Å². The van der Waals surface area contributed by atoms with Crippen LogP contribution in [-0.4, -0.2) is 20.0 Å². The highest BCUT2D eigenvalue weighted by atomic mass is 32.2. The molecule has 19 heavy (non-hydrogen) atoms. The molecule has 0 unspecified atom stereocenters. The van der Waals surface area contributed by atoms with E-state index in [1.807, 2.05) is 0 Å². The number of hydrogen-bond donors (Lipinski definition) is 1. The molecule has 100 valence electrons. The van der Waals surface area contributed by atoms with Gasteiger partial charge in [0, 0.05) is 11.3 Å². The first kappa shape index (κ1) is 12.3. The van der Waals surface area contributed by atoms with Gasteiger partial charge in [0.15, 0.2) is 5.84 Å². The Bertz CT molecular complexity index is 654. The second kappa shape index (κ2) is 4.77. The zero-order valence-electron chi connectivity index (χ0n) is 10.5. The number of fused-ring (bicyclic) bond motifs is 1. The lowest BCUT2D eigenvalue weighted by molar-refractivity contribution is 0.599. The summed E-state index contributed by atoms with van der Waals surface area (Å²) in [5.74, 6) is 0.327.